The monoisotopic (exact) mass is 688 g/mol. The second kappa shape index (κ2) is 13.1. The van der Waals surface area contributed by atoms with Gasteiger partial charge in [-0.3, -0.25) is 0 Å². The van der Waals surface area contributed by atoms with E-state index >= 15 is 0 Å². The van der Waals surface area contributed by atoms with Crippen LogP contribution in [0.4, 0.5) is 34.1 Å². The molecule has 1 heterocycles. The van der Waals surface area contributed by atoms with Crippen molar-refractivity contribution in [3.8, 4) is 33.1 Å². The average molecular weight is 689 g/mol. The lowest BCUT2D eigenvalue weighted by Gasteiger charge is -2.27. The van der Waals surface area contributed by atoms with Crippen LogP contribution in [0.1, 0.15) is 25.0 Å². The van der Waals surface area contributed by atoms with E-state index in [0.717, 1.165) is 56.1 Å². The maximum atomic E-state index is 4.99. The molecule has 7 aromatic carbocycles. The average Bonchev–Trinajstić information content (AvgIpc) is 3.78. The maximum Gasteiger partial charge on any atom is 0.173 e. The third-order valence-electron chi connectivity index (χ3n) is 10.1. The molecule has 9 rings (SSSR count). The summed E-state index contributed by atoms with van der Waals surface area (Å²) in [6.45, 7) is 4.65. The van der Waals surface area contributed by atoms with E-state index in [1.54, 1.807) is 0 Å². The Kier molecular flexibility index (Phi) is 7.98. The molecule has 0 saturated heterocycles. The Morgan fingerprint density at radius 3 is 1.44 bits per heavy atom. The molecule has 0 radical (unpaired) electrons. The number of anilines is 6. The predicted molar refractivity (Wildman–Crippen MR) is 218 cm³/mol. The van der Waals surface area contributed by atoms with Crippen LogP contribution < -0.4 is 9.80 Å². The summed E-state index contributed by atoms with van der Waals surface area (Å²) in [6.07, 6.45) is 0. The molecule has 4 nitrogen and oxygen atoms in total. The second-order valence-electron chi connectivity index (χ2n) is 13.6. The van der Waals surface area contributed by atoms with Gasteiger partial charge in [-0.1, -0.05) is 98.8 Å². The van der Waals surface area contributed by atoms with E-state index in [1.807, 2.05) is 12.1 Å². The lowest BCUT2D eigenvalue weighted by Crippen LogP contribution is -2.15. The van der Waals surface area contributed by atoms with Gasteiger partial charge in [-0.25, -0.2) is 4.98 Å². The minimum Gasteiger partial charge on any atom is -0.311 e. The molecule has 0 unspecified atom stereocenters. The molecule has 8 aromatic rings. The van der Waals surface area contributed by atoms with Gasteiger partial charge < -0.3 is 9.80 Å². The van der Waals surface area contributed by atoms with Crippen molar-refractivity contribution < 1.29 is 0 Å². The van der Waals surface area contributed by atoms with Crippen LogP contribution in [0.15, 0.2) is 182 Å². The molecule has 1 aromatic heterocycles. The Bertz CT molecular complexity index is 2430. The first-order valence-corrected chi connectivity index (χ1v) is 18.4. The lowest BCUT2D eigenvalue weighted by molar-refractivity contribution is 0.660. The maximum absolute atomic E-state index is 4.99. The van der Waals surface area contributed by atoms with Crippen molar-refractivity contribution in [1.82, 2.24) is 9.36 Å². The quantitative estimate of drug-likeness (QED) is 0.159. The zero-order chi connectivity index (χ0) is 35.1. The van der Waals surface area contributed by atoms with E-state index in [-0.39, 0.29) is 5.41 Å². The fourth-order valence-electron chi connectivity index (χ4n) is 7.44. The van der Waals surface area contributed by atoms with Gasteiger partial charge in [0.1, 0.15) is 5.01 Å². The summed E-state index contributed by atoms with van der Waals surface area (Å²) in [7, 11) is 0. The third kappa shape index (κ3) is 5.66. The molecule has 0 fully saturated rings. The van der Waals surface area contributed by atoms with Crippen molar-refractivity contribution in [3.63, 3.8) is 0 Å². The van der Waals surface area contributed by atoms with Gasteiger partial charge in [-0.05, 0) is 131 Å². The first-order valence-electron chi connectivity index (χ1n) is 17.6. The van der Waals surface area contributed by atoms with Gasteiger partial charge >= 0.3 is 0 Å². The number of aromatic nitrogens is 2. The molecular formula is C47H36N4S. The molecule has 1 aliphatic carbocycles. The van der Waals surface area contributed by atoms with Crippen molar-refractivity contribution in [2.45, 2.75) is 19.3 Å². The first kappa shape index (κ1) is 31.7. The molecule has 52 heavy (non-hydrogen) atoms. The van der Waals surface area contributed by atoms with E-state index in [4.69, 9.17) is 9.36 Å². The van der Waals surface area contributed by atoms with E-state index in [2.05, 4.69) is 194 Å². The van der Waals surface area contributed by atoms with E-state index in [1.165, 1.54) is 33.8 Å². The van der Waals surface area contributed by atoms with Crippen LogP contribution in [0.2, 0.25) is 0 Å². The predicted octanol–water partition coefficient (Wildman–Crippen LogP) is 13.1. The van der Waals surface area contributed by atoms with E-state index in [9.17, 15) is 0 Å². The van der Waals surface area contributed by atoms with Crippen molar-refractivity contribution in [2.24, 2.45) is 0 Å². The molecule has 0 N–H and O–H groups in total. The lowest BCUT2D eigenvalue weighted by atomic mass is 9.82. The Balaban J connectivity index is 1.01. The largest absolute Gasteiger partial charge is 0.311 e. The minimum atomic E-state index is -0.0308. The summed E-state index contributed by atoms with van der Waals surface area (Å²) >= 11 is 1.43. The highest BCUT2D eigenvalue weighted by molar-refractivity contribution is 7.09. The Morgan fingerprint density at radius 2 is 0.865 bits per heavy atom. The van der Waals surface area contributed by atoms with Gasteiger partial charge in [0.05, 0.1) is 0 Å². The molecule has 5 heteroatoms. The van der Waals surface area contributed by atoms with Crippen molar-refractivity contribution in [1.29, 1.82) is 0 Å². The van der Waals surface area contributed by atoms with E-state index in [0.29, 0.717) is 0 Å². The highest BCUT2D eigenvalue weighted by Gasteiger charge is 2.35. The summed E-state index contributed by atoms with van der Waals surface area (Å²) in [5.41, 5.74) is 14.0. The van der Waals surface area contributed by atoms with E-state index < -0.39 is 0 Å². The molecule has 0 amide bonds. The van der Waals surface area contributed by atoms with Crippen LogP contribution >= 0.6 is 11.5 Å². The van der Waals surface area contributed by atoms with Gasteiger partial charge in [0, 0.05) is 50.7 Å². The highest BCUT2D eigenvalue weighted by Crippen LogP contribution is 2.50. The Labute approximate surface area is 309 Å². The number of nitrogens with zero attached hydrogens (tertiary/aromatic N) is 4. The van der Waals surface area contributed by atoms with Crippen molar-refractivity contribution >= 4 is 45.7 Å². The molecule has 1 aliphatic rings. The molecule has 0 spiro atoms. The van der Waals surface area contributed by atoms with Gasteiger partial charge in [-0.15, -0.1) is 0 Å². The van der Waals surface area contributed by atoms with Crippen LogP contribution in [0, 0.1) is 0 Å². The second-order valence-corrected chi connectivity index (χ2v) is 14.3. The molecule has 0 aliphatic heterocycles. The van der Waals surface area contributed by atoms with Crippen LogP contribution in [0.5, 0.6) is 0 Å². The molecule has 0 saturated carbocycles. The van der Waals surface area contributed by atoms with Crippen molar-refractivity contribution in [2.75, 3.05) is 9.80 Å². The zero-order valence-corrected chi connectivity index (χ0v) is 29.8. The van der Waals surface area contributed by atoms with Gasteiger partial charge in [0.25, 0.3) is 0 Å². The van der Waals surface area contributed by atoms with Crippen LogP contribution in [0.3, 0.4) is 0 Å². The van der Waals surface area contributed by atoms with Crippen molar-refractivity contribution in [3.05, 3.63) is 193 Å². The summed E-state index contributed by atoms with van der Waals surface area (Å²) in [6, 6.07) is 64.4. The number of para-hydroxylation sites is 3. The fourth-order valence-corrected chi connectivity index (χ4v) is 8.13. The minimum absolute atomic E-state index is 0.0308. The van der Waals surface area contributed by atoms with Gasteiger partial charge in [0.2, 0.25) is 0 Å². The zero-order valence-electron chi connectivity index (χ0n) is 29.0. The number of rotatable bonds is 8. The first-order chi connectivity index (χ1) is 25.5. The summed E-state index contributed by atoms with van der Waals surface area (Å²) < 4.78 is 4.78. The molecule has 250 valence electrons. The fraction of sp³-hybridized carbons (Fsp3) is 0.0638. The summed E-state index contributed by atoms with van der Waals surface area (Å²) in [5.74, 6) is 0.730. The number of benzene rings is 7. The number of fused-ring (bicyclic) bond motifs is 3. The standard InChI is InChI=1S/C47H36N4S/c1-47(2)43-21-13-12-20-41(43)42-32-40(30-31-44(42)47)51(37-18-10-5-11-19-37)39-28-24-34(25-29-39)46-48-45(49-52-46)33-22-26-38(27-23-33)50(35-14-6-3-7-15-35)36-16-8-4-9-17-36/h3-32H,1-2H3. The number of hydrogen-bond acceptors (Lipinski definition) is 5. The normalized spacial score (nSPS) is 12.6. The SMILES string of the molecule is CC1(C)c2ccccc2-c2cc(N(c3ccccc3)c3ccc(-c4nc(-c5ccc(N(c6ccccc6)c6ccccc6)cc5)ns4)cc3)ccc21. The molecule has 0 bridgehead atoms. The molecule has 0 atom stereocenters. The molecular weight excluding hydrogens is 653 g/mol. The number of hydrogen-bond donors (Lipinski definition) is 0. The highest BCUT2D eigenvalue weighted by atomic mass is 32.1. The summed E-state index contributed by atoms with van der Waals surface area (Å²) in [5, 5.41) is 0.892. The van der Waals surface area contributed by atoms with Gasteiger partial charge in [-0.2, -0.15) is 4.37 Å². The Morgan fingerprint density at radius 1 is 0.423 bits per heavy atom. The summed E-state index contributed by atoms with van der Waals surface area (Å²) in [4.78, 5) is 9.58. The van der Waals surface area contributed by atoms with Gasteiger partial charge in [0.15, 0.2) is 5.82 Å². The van der Waals surface area contributed by atoms with Crippen LogP contribution in [-0.4, -0.2) is 9.36 Å². The smallest absolute Gasteiger partial charge is 0.173 e. The Hall–Kier alpha value is -6.30. The topological polar surface area (TPSA) is 32.3 Å². The van der Waals surface area contributed by atoms with Crippen LogP contribution in [0.25, 0.3) is 33.1 Å². The third-order valence-corrected chi connectivity index (χ3v) is 10.8. The van der Waals surface area contributed by atoms with Crippen LogP contribution in [-0.2, 0) is 5.41 Å².